The summed E-state index contributed by atoms with van der Waals surface area (Å²) < 4.78 is 7.43. The molecule has 0 radical (unpaired) electrons. The highest BCUT2D eigenvalue weighted by molar-refractivity contribution is 9.10. The summed E-state index contributed by atoms with van der Waals surface area (Å²) in [6, 6.07) is 18.1. The van der Waals surface area contributed by atoms with Crippen molar-refractivity contribution in [2.24, 2.45) is 5.10 Å². The summed E-state index contributed by atoms with van der Waals surface area (Å²) in [5, 5.41) is 4.93. The highest BCUT2D eigenvalue weighted by Gasteiger charge is 2.11. The van der Waals surface area contributed by atoms with Gasteiger partial charge in [-0.3, -0.25) is 4.79 Å². The van der Waals surface area contributed by atoms with Gasteiger partial charge >= 0.3 is 5.69 Å². The number of ether oxygens (including phenoxy) is 1. The monoisotopic (exact) mass is 497 g/mol. The summed E-state index contributed by atoms with van der Waals surface area (Å²) in [6.45, 7) is 2.35. The summed E-state index contributed by atoms with van der Waals surface area (Å²) in [4.78, 5) is 27.7. The molecule has 3 aromatic carbocycles. The SMILES string of the molecule is Cc1cccc(COc2c(Br)cc(Cl)cc2C=Nn2c(=O)[nH]c3ccccc3c2=O)c1. The van der Waals surface area contributed by atoms with Crippen LogP contribution in [0.15, 0.2) is 79.8 Å². The Morgan fingerprint density at radius 3 is 2.74 bits per heavy atom. The van der Waals surface area contributed by atoms with Gasteiger partial charge < -0.3 is 9.72 Å². The van der Waals surface area contributed by atoms with Gasteiger partial charge in [-0.25, -0.2) is 4.79 Å². The maximum absolute atomic E-state index is 12.7. The molecule has 0 unspecified atom stereocenters. The average molecular weight is 499 g/mol. The van der Waals surface area contributed by atoms with Crippen LogP contribution in [0, 0.1) is 6.92 Å². The number of benzene rings is 3. The molecule has 0 aliphatic rings. The van der Waals surface area contributed by atoms with Gasteiger partial charge in [0.25, 0.3) is 5.56 Å². The number of fused-ring (bicyclic) bond motifs is 1. The van der Waals surface area contributed by atoms with Crippen LogP contribution in [0.25, 0.3) is 10.9 Å². The normalized spacial score (nSPS) is 11.3. The van der Waals surface area contributed by atoms with Gasteiger partial charge in [-0.15, -0.1) is 4.68 Å². The second kappa shape index (κ2) is 8.91. The molecule has 6 nitrogen and oxygen atoms in total. The van der Waals surface area contributed by atoms with Crippen LogP contribution in [0.3, 0.4) is 0 Å². The Morgan fingerprint density at radius 1 is 1.13 bits per heavy atom. The first-order valence-electron chi connectivity index (χ1n) is 9.38. The van der Waals surface area contributed by atoms with Gasteiger partial charge in [0.15, 0.2) is 0 Å². The van der Waals surface area contributed by atoms with E-state index in [2.05, 4.69) is 26.0 Å². The summed E-state index contributed by atoms with van der Waals surface area (Å²) in [7, 11) is 0. The second-order valence-corrected chi connectivity index (χ2v) is 8.21. The fraction of sp³-hybridized carbons (Fsp3) is 0.0870. The number of aromatic nitrogens is 2. The Hall–Kier alpha value is -3.16. The van der Waals surface area contributed by atoms with Crippen molar-refractivity contribution in [1.82, 2.24) is 9.66 Å². The second-order valence-electron chi connectivity index (χ2n) is 6.92. The Kier molecular flexibility index (Phi) is 6.06. The molecule has 4 aromatic rings. The highest BCUT2D eigenvalue weighted by Crippen LogP contribution is 2.32. The van der Waals surface area contributed by atoms with E-state index in [0.29, 0.717) is 38.3 Å². The average Bonchev–Trinajstić information content (AvgIpc) is 2.73. The van der Waals surface area contributed by atoms with E-state index in [1.807, 2.05) is 31.2 Å². The first-order valence-corrected chi connectivity index (χ1v) is 10.6. The Labute approximate surface area is 190 Å². The molecular formula is C23H17BrClN3O3. The predicted molar refractivity (Wildman–Crippen MR) is 126 cm³/mol. The van der Waals surface area contributed by atoms with Crippen LogP contribution in [-0.2, 0) is 6.61 Å². The van der Waals surface area contributed by atoms with Gasteiger partial charge in [0, 0.05) is 10.6 Å². The number of H-pyrrole nitrogens is 1. The molecule has 156 valence electrons. The van der Waals surface area contributed by atoms with E-state index in [-0.39, 0.29) is 0 Å². The molecule has 0 aliphatic carbocycles. The molecule has 0 atom stereocenters. The number of para-hydroxylation sites is 1. The van der Waals surface area contributed by atoms with Crippen LogP contribution in [-0.4, -0.2) is 15.9 Å². The van der Waals surface area contributed by atoms with Crippen molar-refractivity contribution >= 4 is 44.6 Å². The zero-order valence-electron chi connectivity index (χ0n) is 16.4. The van der Waals surface area contributed by atoms with E-state index >= 15 is 0 Å². The predicted octanol–water partition coefficient (Wildman–Crippen LogP) is 4.88. The third-order valence-corrected chi connectivity index (χ3v) is 5.41. The van der Waals surface area contributed by atoms with Crippen molar-refractivity contribution < 1.29 is 4.74 Å². The van der Waals surface area contributed by atoms with E-state index < -0.39 is 11.2 Å². The molecule has 0 amide bonds. The number of nitrogens with one attached hydrogen (secondary N) is 1. The van der Waals surface area contributed by atoms with Gasteiger partial charge in [-0.05, 0) is 52.7 Å². The van der Waals surface area contributed by atoms with Gasteiger partial charge in [-0.1, -0.05) is 53.6 Å². The number of rotatable bonds is 5. The van der Waals surface area contributed by atoms with Crippen LogP contribution in [0.1, 0.15) is 16.7 Å². The summed E-state index contributed by atoms with van der Waals surface area (Å²) in [5.74, 6) is 0.500. The van der Waals surface area contributed by atoms with Crippen molar-refractivity contribution in [2.75, 3.05) is 0 Å². The molecule has 4 rings (SSSR count). The lowest BCUT2D eigenvalue weighted by Crippen LogP contribution is -2.32. The van der Waals surface area contributed by atoms with Crippen molar-refractivity contribution in [3.63, 3.8) is 0 Å². The molecule has 8 heteroatoms. The molecule has 0 saturated carbocycles. The smallest absolute Gasteiger partial charge is 0.349 e. The maximum Gasteiger partial charge on any atom is 0.349 e. The van der Waals surface area contributed by atoms with Gasteiger partial charge in [0.1, 0.15) is 12.4 Å². The van der Waals surface area contributed by atoms with Crippen molar-refractivity contribution in [3.8, 4) is 5.75 Å². The fourth-order valence-corrected chi connectivity index (χ4v) is 4.11. The molecule has 0 spiro atoms. The molecule has 1 heterocycles. The van der Waals surface area contributed by atoms with Gasteiger partial charge in [0.05, 0.1) is 21.6 Å². The molecule has 0 bridgehead atoms. The molecule has 31 heavy (non-hydrogen) atoms. The van der Waals surface area contributed by atoms with Crippen molar-refractivity contribution in [2.45, 2.75) is 13.5 Å². The van der Waals surface area contributed by atoms with Crippen molar-refractivity contribution in [3.05, 3.63) is 108 Å². The minimum absolute atomic E-state index is 0.333. The maximum atomic E-state index is 12.7. The molecule has 1 aromatic heterocycles. The third-order valence-electron chi connectivity index (χ3n) is 4.60. The Balaban J connectivity index is 1.72. The van der Waals surface area contributed by atoms with Crippen LogP contribution in [0.5, 0.6) is 5.75 Å². The Bertz CT molecular complexity index is 1430. The number of aryl methyl sites for hydroxylation is 1. The summed E-state index contributed by atoms with van der Waals surface area (Å²) in [5.41, 5.74) is 1.96. The van der Waals surface area contributed by atoms with E-state index in [4.69, 9.17) is 16.3 Å². The van der Waals surface area contributed by atoms with Crippen LogP contribution in [0.2, 0.25) is 5.02 Å². The number of aromatic amines is 1. The van der Waals surface area contributed by atoms with Gasteiger partial charge in [0.2, 0.25) is 0 Å². The first kappa shape index (κ1) is 21.1. The quantitative estimate of drug-likeness (QED) is 0.399. The molecular weight excluding hydrogens is 482 g/mol. The summed E-state index contributed by atoms with van der Waals surface area (Å²) in [6.07, 6.45) is 1.38. The fourth-order valence-electron chi connectivity index (χ4n) is 3.16. The minimum Gasteiger partial charge on any atom is -0.487 e. The van der Waals surface area contributed by atoms with Crippen molar-refractivity contribution in [1.29, 1.82) is 0 Å². The van der Waals surface area contributed by atoms with E-state index in [1.54, 1.807) is 36.4 Å². The lowest BCUT2D eigenvalue weighted by atomic mass is 10.1. The van der Waals surface area contributed by atoms with Crippen LogP contribution >= 0.6 is 27.5 Å². The molecule has 0 saturated heterocycles. The summed E-state index contributed by atoms with van der Waals surface area (Å²) >= 11 is 9.66. The molecule has 1 N–H and O–H groups in total. The molecule has 0 fully saturated rings. The number of halogens is 2. The lowest BCUT2D eigenvalue weighted by Gasteiger charge is -2.12. The molecule has 0 aliphatic heterocycles. The minimum atomic E-state index is -0.636. The largest absolute Gasteiger partial charge is 0.487 e. The van der Waals surface area contributed by atoms with E-state index in [0.717, 1.165) is 15.8 Å². The van der Waals surface area contributed by atoms with E-state index in [9.17, 15) is 9.59 Å². The van der Waals surface area contributed by atoms with Gasteiger partial charge in [-0.2, -0.15) is 5.10 Å². The number of nitrogens with zero attached hydrogens (tertiary/aromatic N) is 2. The standard InChI is InChI=1S/C23H17BrClN3O3/c1-14-5-4-6-15(9-14)13-31-21-16(10-17(25)11-19(21)24)12-26-28-22(29)18-7-2-3-8-20(18)27-23(28)30/h2-12H,13H2,1H3,(H,27,30). The van der Waals surface area contributed by atoms with Crippen LogP contribution < -0.4 is 16.0 Å². The topological polar surface area (TPSA) is 76.5 Å². The first-order chi connectivity index (χ1) is 14.9. The number of hydrogen-bond donors (Lipinski definition) is 1. The van der Waals surface area contributed by atoms with E-state index in [1.165, 1.54) is 6.21 Å². The third kappa shape index (κ3) is 4.62. The zero-order chi connectivity index (χ0) is 22.0. The number of hydrogen-bond acceptors (Lipinski definition) is 4. The van der Waals surface area contributed by atoms with Crippen LogP contribution in [0.4, 0.5) is 0 Å². The zero-order valence-corrected chi connectivity index (χ0v) is 18.8. The highest BCUT2D eigenvalue weighted by atomic mass is 79.9. The Morgan fingerprint density at radius 2 is 1.94 bits per heavy atom. The lowest BCUT2D eigenvalue weighted by molar-refractivity contribution is 0.303.